The van der Waals surface area contributed by atoms with E-state index in [2.05, 4.69) is 12.2 Å². The Morgan fingerprint density at radius 2 is 2.00 bits per heavy atom. The Morgan fingerprint density at radius 3 is 2.72 bits per heavy atom. The smallest absolute Gasteiger partial charge is 0.119 e. The fourth-order valence-electron chi connectivity index (χ4n) is 2.10. The van der Waals surface area contributed by atoms with E-state index in [0.29, 0.717) is 0 Å². The molecule has 1 aliphatic rings. The van der Waals surface area contributed by atoms with Crippen LogP contribution in [0.5, 0.6) is 5.75 Å². The molecule has 1 unspecified atom stereocenters. The molecule has 2 heteroatoms. The Hall–Kier alpha value is -1.02. The summed E-state index contributed by atoms with van der Waals surface area (Å²) < 4.78 is 5.69. The van der Waals surface area contributed by atoms with Gasteiger partial charge in [0, 0.05) is 6.04 Å². The van der Waals surface area contributed by atoms with E-state index in [9.17, 15) is 0 Å². The summed E-state index contributed by atoms with van der Waals surface area (Å²) in [6, 6.07) is 10.9. The highest BCUT2D eigenvalue weighted by Gasteiger charge is 2.19. The first kappa shape index (κ1) is 13.4. The Bertz CT molecular complexity index is 321. The lowest BCUT2D eigenvalue weighted by atomic mass is 10.0. The topological polar surface area (TPSA) is 21.3 Å². The Kier molecular flexibility index (Phi) is 5.53. The van der Waals surface area contributed by atoms with Crippen molar-refractivity contribution >= 4 is 0 Å². The summed E-state index contributed by atoms with van der Waals surface area (Å²) >= 11 is 0. The van der Waals surface area contributed by atoms with Gasteiger partial charge in [0.15, 0.2) is 0 Å². The van der Waals surface area contributed by atoms with E-state index in [4.69, 9.17) is 4.74 Å². The minimum absolute atomic E-state index is 0.802. The predicted molar refractivity (Wildman–Crippen MR) is 76.0 cm³/mol. The van der Waals surface area contributed by atoms with Gasteiger partial charge < -0.3 is 10.1 Å². The lowest BCUT2D eigenvalue weighted by molar-refractivity contribution is 0.292. The largest absolute Gasteiger partial charge is 0.494 e. The molecule has 0 amide bonds. The molecule has 100 valence electrons. The molecule has 0 spiro atoms. The molecule has 1 aromatic rings. The zero-order valence-corrected chi connectivity index (χ0v) is 11.4. The maximum absolute atomic E-state index is 5.69. The van der Waals surface area contributed by atoms with Crippen LogP contribution in [0.25, 0.3) is 0 Å². The number of hydrogen-bond acceptors (Lipinski definition) is 2. The quantitative estimate of drug-likeness (QED) is 0.673. The Balaban J connectivity index is 1.46. The Labute approximate surface area is 111 Å². The highest BCUT2D eigenvalue weighted by molar-refractivity contribution is 5.20. The number of benzene rings is 1. The van der Waals surface area contributed by atoms with E-state index in [1.54, 1.807) is 0 Å². The van der Waals surface area contributed by atoms with E-state index in [1.165, 1.54) is 32.2 Å². The van der Waals surface area contributed by atoms with Crippen LogP contribution in [0.4, 0.5) is 0 Å². The zero-order chi connectivity index (χ0) is 12.6. The summed E-state index contributed by atoms with van der Waals surface area (Å²) in [6.07, 6.45) is 6.49. The molecule has 1 aliphatic carbocycles. The third-order valence-electron chi connectivity index (χ3n) is 3.50. The van der Waals surface area contributed by atoms with Crippen LogP contribution >= 0.6 is 0 Å². The lowest BCUT2D eigenvalue weighted by Gasteiger charge is -2.12. The number of rotatable bonds is 9. The van der Waals surface area contributed by atoms with Gasteiger partial charge in [-0.15, -0.1) is 0 Å². The highest BCUT2D eigenvalue weighted by Crippen LogP contribution is 2.19. The standard InChI is InChI=1S/C16H25NO/c1-14(11-12-17-15-9-10-15)6-5-13-18-16-7-3-2-4-8-16/h2-4,7-8,14-15,17H,5-6,9-13H2,1H3. The molecule has 0 bridgehead atoms. The van der Waals surface area contributed by atoms with E-state index >= 15 is 0 Å². The van der Waals surface area contributed by atoms with Crippen molar-refractivity contribution in [1.29, 1.82) is 0 Å². The number of nitrogens with one attached hydrogen (secondary N) is 1. The van der Waals surface area contributed by atoms with Crippen LogP contribution in [0.1, 0.15) is 39.0 Å². The summed E-state index contributed by atoms with van der Waals surface area (Å²) in [4.78, 5) is 0. The van der Waals surface area contributed by atoms with Gasteiger partial charge in [0.2, 0.25) is 0 Å². The summed E-state index contributed by atoms with van der Waals surface area (Å²) in [6.45, 7) is 4.37. The first-order chi connectivity index (χ1) is 8.84. The molecule has 1 saturated carbocycles. The summed E-state index contributed by atoms with van der Waals surface area (Å²) in [5.41, 5.74) is 0. The van der Waals surface area contributed by atoms with Gasteiger partial charge in [-0.2, -0.15) is 0 Å². The van der Waals surface area contributed by atoms with Gasteiger partial charge >= 0.3 is 0 Å². The maximum atomic E-state index is 5.69. The van der Waals surface area contributed by atoms with Crippen molar-refractivity contribution < 1.29 is 4.74 Å². The molecule has 0 aromatic heterocycles. The fourth-order valence-corrected chi connectivity index (χ4v) is 2.10. The predicted octanol–water partition coefficient (Wildman–Crippen LogP) is 3.62. The lowest BCUT2D eigenvalue weighted by Crippen LogP contribution is -2.19. The first-order valence-corrected chi connectivity index (χ1v) is 7.26. The van der Waals surface area contributed by atoms with E-state index in [0.717, 1.165) is 30.7 Å². The Morgan fingerprint density at radius 1 is 1.22 bits per heavy atom. The van der Waals surface area contributed by atoms with Crippen LogP contribution in [-0.4, -0.2) is 19.2 Å². The van der Waals surface area contributed by atoms with Crippen molar-refractivity contribution in [2.75, 3.05) is 13.2 Å². The van der Waals surface area contributed by atoms with Gasteiger partial charge in [0.25, 0.3) is 0 Å². The van der Waals surface area contributed by atoms with E-state index in [-0.39, 0.29) is 0 Å². The molecule has 0 saturated heterocycles. The van der Waals surface area contributed by atoms with Gasteiger partial charge in [-0.05, 0) is 56.7 Å². The third-order valence-corrected chi connectivity index (χ3v) is 3.50. The summed E-state index contributed by atoms with van der Waals surface area (Å²) in [7, 11) is 0. The minimum atomic E-state index is 0.802. The van der Waals surface area contributed by atoms with Crippen LogP contribution in [0, 0.1) is 5.92 Å². The van der Waals surface area contributed by atoms with Gasteiger partial charge in [0.05, 0.1) is 6.61 Å². The van der Waals surface area contributed by atoms with Crippen LogP contribution in [0.15, 0.2) is 30.3 Å². The van der Waals surface area contributed by atoms with Crippen LogP contribution in [0.2, 0.25) is 0 Å². The van der Waals surface area contributed by atoms with E-state index < -0.39 is 0 Å². The minimum Gasteiger partial charge on any atom is -0.494 e. The van der Waals surface area contributed by atoms with Crippen LogP contribution < -0.4 is 10.1 Å². The normalized spacial score (nSPS) is 16.5. The fraction of sp³-hybridized carbons (Fsp3) is 0.625. The molecular formula is C16H25NO. The molecular weight excluding hydrogens is 222 g/mol. The van der Waals surface area contributed by atoms with Crippen molar-refractivity contribution in [3.63, 3.8) is 0 Å². The molecule has 1 aromatic carbocycles. The second kappa shape index (κ2) is 7.42. The van der Waals surface area contributed by atoms with Gasteiger partial charge in [0.1, 0.15) is 5.75 Å². The SMILES string of the molecule is CC(CCCOc1ccccc1)CCNC1CC1. The number of hydrogen-bond donors (Lipinski definition) is 1. The maximum Gasteiger partial charge on any atom is 0.119 e. The van der Waals surface area contributed by atoms with Crippen LogP contribution in [-0.2, 0) is 0 Å². The van der Waals surface area contributed by atoms with Crippen molar-refractivity contribution in [3.8, 4) is 5.75 Å². The second-order valence-corrected chi connectivity index (χ2v) is 5.43. The summed E-state index contributed by atoms with van der Waals surface area (Å²) in [5.74, 6) is 1.79. The van der Waals surface area contributed by atoms with Gasteiger partial charge in [-0.3, -0.25) is 0 Å². The highest BCUT2D eigenvalue weighted by atomic mass is 16.5. The monoisotopic (exact) mass is 247 g/mol. The van der Waals surface area contributed by atoms with Crippen LogP contribution in [0.3, 0.4) is 0 Å². The molecule has 2 rings (SSSR count). The molecule has 0 radical (unpaired) electrons. The average Bonchev–Trinajstić information content (AvgIpc) is 3.20. The molecule has 1 N–H and O–H groups in total. The van der Waals surface area contributed by atoms with Crippen molar-refractivity contribution in [1.82, 2.24) is 5.32 Å². The molecule has 1 atom stereocenters. The molecule has 0 heterocycles. The average molecular weight is 247 g/mol. The molecule has 1 fully saturated rings. The summed E-state index contributed by atoms with van der Waals surface area (Å²) in [5, 5.41) is 3.57. The van der Waals surface area contributed by atoms with Gasteiger partial charge in [-0.1, -0.05) is 25.1 Å². The first-order valence-electron chi connectivity index (χ1n) is 7.26. The number of ether oxygens (including phenoxy) is 1. The second-order valence-electron chi connectivity index (χ2n) is 5.43. The molecule has 2 nitrogen and oxygen atoms in total. The zero-order valence-electron chi connectivity index (χ0n) is 11.4. The van der Waals surface area contributed by atoms with E-state index in [1.807, 2.05) is 30.3 Å². The van der Waals surface area contributed by atoms with Gasteiger partial charge in [-0.25, -0.2) is 0 Å². The molecule has 18 heavy (non-hydrogen) atoms. The van der Waals surface area contributed by atoms with Crippen molar-refractivity contribution in [2.24, 2.45) is 5.92 Å². The van der Waals surface area contributed by atoms with Crippen molar-refractivity contribution in [2.45, 2.75) is 45.1 Å². The molecule has 0 aliphatic heterocycles. The third kappa shape index (κ3) is 5.54. The number of para-hydroxylation sites is 1. The van der Waals surface area contributed by atoms with Crippen molar-refractivity contribution in [3.05, 3.63) is 30.3 Å².